The van der Waals surface area contributed by atoms with Gasteiger partial charge in [0, 0.05) is 17.8 Å². The highest BCUT2D eigenvalue weighted by atomic mass is 16.6. The van der Waals surface area contributed by atoms with Gasteiger partial charge in [-0.05, 0) is 39.0 Å². The molecule has 2 aliphatic rings. The van der Waals surface area contributed by atoms with Crippen LogP contribution in [0.25, 0.3) is 0 Å². The average molecular weight is 306 g/mol. The van der Waals surface area contributed by atoms with Crippen LogP contribution >= 0.6 is 0 Å². The Labute approximate surface area is 130 Å². The fourth-order valence-corrected chi connectivity index (χ4v) is 2.93. The minimum Gasteiger partial charge on any atom is -0.490 e. The molecule has 2 aliphatic heterocycles. The molecule has 1 amide bonds. The number of carbonyl (C=O) groups excluding carboxylic acids is 1. The van der Waals surface area contributed by atoms with Crippen LogP contribution in [0.2, 0.25) is 0 Å². The van der Waals surface area contributed by atoms with Crippen molar-refractivity contribution < 1.29 is 19.0 Å². The third-order valence-corrected chi connectivity index (χ3v) is 3.90. The Morgan fingerprint density at radius 3 is 2.86 bits per heavy atom. The summed E-state index contributed by atoms with van der Waals surface area (Å²) < 4.78 is 17.0. The van der Waals surface area contributed by atoms with Crippen molar-refractivity contribution in [3.8, 4) is 5.75 Å². The van der Waals surface area contributed by atoms with Crippen molar-refractivity contribution in [2.75, 3.05) is 32.1 Å². The Morgan fingerprint density at radius 1 is 1.36 bits per heavy atom. The van der Waals surface area contributed by atoms with Crippen LogP contribution < -0.4 is 10.5 Å². The highest BCUT2D eigenvalue weighted by molar-refractivity contribution is 5.71. The van der Waals surface area contributed by atoms with Crippen molar-refractivity contribution in [3.05, 3.63) is 23.8 Å². The first-order chi connectivity index (χ1) is 10.3. The predicted molar refractivity (Wildman–Crippen MR) is 81.8 cm³/mol. The molecule has 3 rings (SSSR count). The summed E-state index contributed by atoms with van der Waals surface area (Å²) in [5, 5.41) is 0. The van der Waals surface area contributed by atoms with E-state index in [0.29, 0.717) is 32.1 Å². The van der Waals surface area contributed by atoms with Crippen LogP contribution in [0.4, 0.5) is 10.5 Å². The molecular weight excluding hydrogens is 284 g/mol. The minimum absolute atomic E-state index is 0.352. The van der Waals surface area contributed by atoms with Gasteiger partial charge in [0.1, 0.15) is 23.5 Å². The Hall–Kier alpha value is -1.95. The largest absolute Gasteiger partial charge is 0.490 e. The molecule has 0 unspecified atom stereocenters. The number of ether oxygens (including phenoxy) is 3. The molecule has 1 spiro atoms. The Bertz CT molecular complexity index is 592. The summed E-state index contributed by atoms with van der Waals surface area (Å²) in [6.45, 7) is 7.25. The summed E-state index contributed by atoms with van der Waals surface area (Å²) >= 11 is 0. The molecule has 1 fully saturated rings. The van der Waals surface area contributed by atoms with Crippen molar-refractivity contribution in [1.82, 2.24) is 4.90 Å². The second-order valence-electron chi connectivity index (χ2n) is 6.76. The standard InChI is InChI=1S/C16H22N2O4/c1-15(2,3)22-14(19)18-6-7-20-9-16(18)10-21-13-5-4-11(17)8-12(13)16/h4-5,8H,6-7,9-10,17H2,1-3H3/t16-/m1/s1. The van der Waals surface area contributed by atoms with E-state index < -0.39 is 11.1 Å². The van der Waals surface area contributed by atoms with Gasteiger partial charge in [-0.1, -0.05) is 0 Å². The Balaban J connectivity index is 1.98. The number of nitrogens with two attached hydrogens (primary N) is 1. The number of morpholine rings is 1. The molecule has 0 aliphatic carbocycles. The first-order valence-electron chi connectivity index (χ1n) is 7.43. The molecule has 2 N–H and O–H groups in total. The number of carbonyl (C=O) groups is 1. The minimum atomic E-state index is -0.661. The van der Waals surface area contributed by atoms with Gasteiger partial charge in [0.2, 0.25) is 0 Å². The molecule has 0 radical (unpaired) electrons. The van der Waals surface area contributed by atoms with E-state index in [2.05, 4.69) is 0 Å². The molecule has 6 heteroatoms. The van der Waals surface area contributed by atoms with E-state index in [-0.39, 0.29) is 6.09 Å². The predicted octanol–water partition coefficient (Wildman–Crippen LogP) is 2.12. The quantitative estimate of drug-likeness (QED) is 0.743. The van der Waals surface area contributed by atoms with Crippen LogP contribution in [-0.2, 0) is 15.0 Å². The topological polar surface area (TPSA) is 74.0 Å². The molecular formula is C16H22N2O4. The summed E-state index contributed by atoms with van der Waals surface area (Å²) in [6, 6.07) is 5.48. The molecule has 0 saturated carbocycles. The molecule has 1 atom stereocenters. The first kappa shape index (κ1) is 15.0. The second-order valence-corrected chi connectivity index (χ2v) is 6.76. The molecule has 2 heterocycles. The average Bonchev–Trinajstić information content (AvgIpc) is 2.76. The Morgan fingerprint density at radius 2 is 2.14 bits per heavy atom. The van der Waals surface area contributed by atoms with Gasteiger partial charge in [-0.2, -0.15) is 0 Å². The summed E-state index contributed by atoms with van der Waals surface area (Å²) in [5.41, 5.74) is 6.23. The maximum Gasteiger partial charge on any atom is 0.411 e. The molecule has 1 saturated heterocycles. The fourth-order valence-electron chi connectivity index (χ4n) is 2.93. The summed E-state index contributed by atoms with van der Waals surface area (Å²) in [5.74, 6) is 0.744. The van der Waals surface area contributed by atoms with Crippen molar-refractivity contribution in [2.45, 2.75) is 31.9 Å². The number of hydrogen-bond donors (Lipinski definition) is 1. The van der Waals surface area contributed by atoms with E-state index in [4.69, 9.17) is 19.9 Å². The van der Waals surface area contributed by atoms with Gasteiger partial charge < -0.3 is 19.9 Å². The molecule has 0 bridgehead atoms. The number of nitrogens with zero attached hydrogens (tertiary/aromatic N) is 1. The monoisotopic (exact) mass is 306 g/mol. The smallest absolute Gasteiger partial charge is 0.411 e. The first-order valence-corrected chi connectivity index (χ1v) is 7.43. The zero-order valence-electron chi connectivity index (χ0n) is 13.2. The van der Waals surface area contributed by atoms with E-state index in [1.807, 2.05) is 32.9 Å². The van der Waals surface area contributed by atoms with E-state index in [0.717, 1.165) is 11.3 Å². The maximum atomic E-state index is 12.6. The van der Waals surface area contributed by atoms with Gasteiger partial charge in [-0.25, -0.2) is 4.79 Å². The zero-order chi connectivity index (χ0) is 16.0. The lowest BCUT2D eigenvalue weighted by Crippen LogP contribution is -2.58. The van der Waals surface area contributed by atoms with E-state index in [1.54, 1.807) is 11.0 Å². The molecule has 22 heavy (non-hydrogen) atoms. The van der Waals surface area contributed by atoms with Crippen LogP contribution in [0.5, 0.6) is 5.75 Å². The van der Waals surface area contributed by atoms with E-state index >= 15 is 0 Å². The molecule has 1 aromatic rings. The maximum absolute atomic E-state index is 12.6. The number of rotatable bonds is 0. The van der Waals surface area contributed by atoms with Crippen molar-refractivity contribution in [3.63, 3.8) is 0 Å². The van der Waals surface area contributed by atoms with Crippen molar-refractivity contribution in [1.29, 1.82) is 0 Å². The second kappa shape index (κ2) is 5.05. The number of amides is 1. The van der Waals surface area contributed by atoms with Gasteiger partial charge in [0.05, 0.1) is 13.2 Å². The van der Waals surface area contributed by atoms with Crippen LogP contribution in [0.3, 0.4) is 0 Å². The molecule has 120 valence electrons. The lowest BCUT2D eigenvalue weighted by Gasteiger charge is -2.43. The summed E-state index contributed by atoms with van der Waals surface area (Å²) in [6.07, 6.45) is -0.352. The third kappa shape index (κ3) is 2.47. The Kier molecular flexibility index (Phi) is 3.44. The molecule has 1 aromatic carbocycles. The highest BCUT2D eigenvalue weighted by Gasteiger charge is 2.51. The van der Waals surface area contributed by atoms with Crippen LogP contribution in [-0.4, -0.2) is 43.0 Å². The highest BCUT2D eigenvalue weighted by Crippen LogP contribution is 2.44. The lowest BCUT2D eigenvalue weighted by atomic mass is 9.89. The van der Waals surface area contributed by atoms with Gasteiger partial charge in [-0.3, -0.25) is 4.90 Å². The van der Waals surface area contributed by atoms with Gasteiger partial charge >= 0.3 is 6.09 Å². The number of hydrogen-bond acceptors (Lipinski definition) is 5. The van der Waals surface area contributed by atoms with Crippen LogP contribution in [0.1, 0.15) is 26.3 Å². The van der Waals surface area contributed by atoms with Crippen LogP contribution in [0.15, 0.2) is 18.2 Å². The SMILES string of the molecule is CC(C)(C)OC(=O)N1CCOC[C@]12COc1ccc(N)cc12. The number of fused-ring (bicyclic) bond motifs is 2. The fraction of sp³-hybridized carbons (Fsp3) is 0.562. The summed E-state index contributed by atoms with van der Waals surface area (Å²) in [4.78, 5) is 14.3. The van der Waals surface area contributed by atoms with Gasteiger partial charge in [0.25, 0.3) is 0 Å². The number of nitrogen functional groups attached to an aromatic ring is 1. The third-order valence-electron chi connectivity index (χ3n) is 3.90. The molecule has 0 aromatic heterocycles. The van der Waals surface area contributed by atoms with Crippen molar-refractivity contribution >= 4 is 11.8 Å². The zero-order valence-corrected chi connectivity index (χ0v) is 13.2. The lowest BCUT2D eigenvalue weighted by molar-refractivity contribution is -0.0833. The van der Waals surface area contributed by atoms with Crippen LogP contribution in [0, 0.1) is 0 Å². The van der Waals surface area contributed by atoms with Gasteiger partial charge in [0.15, 0.2) is 0 Å². The van der Waals surface area contributed by atoms with E-state index in [1.165, 1.54) is 0 Å². The van der Waals surface area contributed by atoms with E-state index in [9.17, 15) is 4.79 Å². The normalized spacial score (nSPS) is 24.0. The van der Waals surface area contributed by atoms with Gasteiger partial charge in [-0.15, -0.1) is 0 Å². The number of anilines is 1. The number of benzene rings is 1. The summed E-state index contributed by atoms with van der Waals surface area (Å²) in [7, 11) is 0. The molecule has 6 nitrogen and oxygen atoms in total. The van der Waals surface area contributed by atoms with Crippen molar-refractivity contribution in [2.24, 2.45) is 0 Å².